The number of carbonyl (C=O) groups is 2. The lowest BCUT2D eigenvalue weighted by Crippen LogP contribution is -2.22. The molecule has 1 atom stereocenters. The molecule has 0 aliphatic carbocycles. The van der Waals surface area contributed by atoms with Crippen LogP contribution in [0.4, 0.5) is 9.18 Å². The zero-order valence-corrected chi connectivity index (χ0v) is 8.00. The van der Waals surface area contributed by atoms with Gasteiger partial charge in [-0.15, -0.1) is 0 Å². The van der Waals surface area contributed by atoms with Gasteiger partial charge in [0.15, 0.2) is 0 Å². The van der Waals surface area contributed by atoms with Gasteiger partial charge in [-0.1, -0.05) is 12.1 Å². The van der Waals surface area contributed by atoms with E-state index in [1.807, 2.05) is 0 Å². The lowest BCUT2D eigenvalue weighted by atomic mass is 10.1. The summed E-state index contributed by atoms with van der Waals surface area (Å²) in [4.78, 5) is 22.1. The smallest absolute Gasteiger partial charge is 0.322 e. The molecule has 1 heterocycles. The number of aryl methyl sites for hydroxylation is 1. The SMILES string of the molecule is Cc1ccc([C@H]2NC(=O)NC2=O)cc1F. The summed E-state index contributed by atoms with van der Waals surface area (Å²) in [5, 5.41) is 4.49. The van der Waals surface area contributed by atoms with Gasteiger partial charge in [-0.05, 0) is 24.1 Å². The van der Waals surface area contributed by atoms with Gasteiger partial charge in [0.2, 0.25) is 0 Å². The van der Waals surface area contributed by atoms with Gasteiger partial charge in [-0.2, -0.15) is 0 Å². The van der Waals surface area contributed by atoms with Crippen molar-refractivity contribution in [2.45, 2.75) is 13.0 Å². The van der Waals surface area contributed by atoms with Crippen LogP contribution in [0.2, 0.25) is 0 Å². The van der Waals surface area contributed by atoms with Gasteiger partial charge < -0.3 is 5.32 Å². The molecule has 0 saturated carbocycles. The second-order valence-electron chi connectivity index (χ2n) is 3.40. The Morgan fingerprint density at radius 3 is 2.60 bits per heavy atom. The number of hydrogen-bond acceptors (Lipinski definition) is 2. The average Bonchev–Trinajstić information content (AvgIpc) is 2.50. The first-order valence-electron chi connectivity index (χ1n) is 4.45. The molecule has 3 amide bonds. The van der Waals surface area contributed by atoms with Crippen molar-refractivity contribution in [3.05, 3.63) is 35.1 Å². The molecule has 5 heteroatoms. The van der Waals surface area contributed by atoms with Gasteiger partial charge in [0.05, 0.1) is 0 Å². The molecule has 1 aliphatic heterocycles. The Labute approximate surface area is 85.5 Å². The summed E-state index contributed by atoms with van der Waals surface area (Å²) in [5.41, 5.74) is 0.949. The summed E-state index contributed by atoms with van der Waals surface area (Å²) in [5.74, 6) is -0.843. The Balaban J connectivity index is 2.34. The summed E-state index contributed by atoms with van der Waals surface area (Å²) >= 11 is 0. The second kappa shape index (κ2) is 3.34. The molecule has 1 aromatic carbocycles. The molecule has 1 aromatic rings. The van der Waals surface area contributed by atoms with Gasteiger partial charge in [-0.25, -0.2) is 9.18 Å². The number of urea groups is 1. The van der Waals surface area contributed by atoms with Gasteiger partial charge in [0.25, 0.3) is 5.91 Å². The Kier molecular flexibility index (Phi) is 2.15. The minimum Gasteiger partial charge on any atom is -0.322 e. The Hall–Kier alpha value is -1.91. The van der Waals surface area contributed by atoms with Crippen molar-refractivity contribution in [1.29, 1.82) is 0 Å². The van der Waals surface area contributed by atoms with Gasteiger partial charge >= 0.3 is 6.03 Å². The van der Waals surface area contributed by atoms with Gasteiger partial charge in [0.1, 0.15) is 11.9 Å². The van der Waals surface area contributed by atoms with Crippen LogP contribution in [-0.4, -0.2) is 11.9 Å². The first kappa shape index (κ1) is 9.64. The van der Waals surface area contributed by atoms with E-state index in [1.54, 1.807) is 19.1 Å². The lowest BCUT2D eigenvalue weighted by molar-refractivity contribution is -0.120. The number of imide groups is 1. The fraction of sp³-hybridized carbons (Fsp3) is 0.200. The third kappa shape index (κ3) is 1.68. The molecule has 0 aromatic heterocycles. The van der Waals surface area contributed by atoms with Crippen molar-refractivity contribution >= 4 is 11.9 Å². The van der Waals surface area contributed by atoms with E-state index in [-0.39, 0.29) is 5.82 Å². The predicted octanol–water partition coefficient (Wildman–Crippen LogP) is 1.01. The van der Waals surface area contributed by atoms with E-state index in [0.29, 0.717) is 11.1 Å². The summed E-state index contributed by atoms with van der Waals surface area (Å²) in [7, 11) is 0. The van der Waals surface area contributed by atoms with Crippen LogP contribution in [0.3, 0.4) is 0 Å². The monoisotopic (exact) mass is 208 g/mol. The maximum atomic E-state index is 13.2. The molecule has 0 radical (unpaired) electrons. The fourth-order valence-corrected chi connectivity index (χ4v) is 1.44. The van der Waals surface area contributed by atoms with Crippen LogP contribution < -0.4 is 10.6 Å². The second-order valence-corrected chi connectivity index (χ2v) is 3.40. The molecule has 1 saturated heterocycles. The minimum atomic E-state index is -0.785. The quantitative estimate of drug-likeness (QED) is 0.677. The summed E-state index contributed by atoms with van der Waals surface area (Å²) in [6, 6.07) is 3.11. The predicted molar refractivity (Wildman–Crippen MR) is 50.6 cm³/mol. The molecule has 4 nitrogen and oxygen atoms in total. The highest BCUT2D eigenvalue weighted by molar-refractivity contribution is 6.04. The summed E-state index contributed by atoms with van der Waals surface area (Å²) < 4.78 is 13.2. The fourth-order valence-electron chi connectivity index (χ4n) is 1.44. The lowest BCUT2D eigenvalue weighted by Gasteiger charge is -2.08. The van der Waals surface area contributed by atoms with Gasteiger partial charge in [0, 0.05) is 0 Å². The molecule has 78 valence electrons. The number of nitrogens with one attached hydrogen (secondary N) is 2. The van der Waals surface area contributed by atoms with E-state index >= 15 is 0 Å². The van der Waals surface area contributed by atoms with Crippen molar-refractivity contribution in [2.75, 3.05) is 0 Å². The molecular formula is C10H9FN2O2. The highest BCUT2D eigenvalue weighted by Crippen LogP contribution is 2.19. The van der Waals surface area contributed by atoms with E-state index in [9.17, 15) is 14.0 Å². The van der Waals surface area contributed by atoms with Crippen LogP contribution in [0.15, 0.2) is 18.2 Å². The van der Waals surface area contributed by atoms with Crippen molar-refractivity contribution in [3.63, 3.8) is 0 Å². The Morgan fingerprint density at radius 2 is 2.07 bits per heavy atom. The number of rotatable bonds is 1. The van der Waals surface area contributed by atoms with Crippen molar-refractivity contribution < 1.29 is 14.0 Å². The van der Waals surface area contributed by atoms with Crippen molar-refractivity contribution in [1.82, 2.24) is 10.6 Å². The highest BCUT2D eigenvalue weighted by Gasteiger charge is 2.30. The zero-order valence-electron chi connectivity index (χ0n) is 8.00. The summed E-state index contributed by atoms with van der Waals surface area (Å²) in [6.07, 6.45) is 0. The van der Waals surface area contributed by atoms with Crippen LogP contribution in [0.5, 0.6) is 0 Å². The van der Waals surface area contributed by atoms with Crippen LogP contribution >= 0.6 is 0 Å². The number of carbonyl (C=O) groups excluding carboxylic acids is 2. The Bertz CT molecular complexity index is 445. The van der Waals surface area contributed by atoms with Crippen molar-refractivity contribution in [3.8, 4) is 0 Å². The Morgan fingerprint density at radius 1 is 1.33 bits per heavy atom. The largest absolute Gasteiger partial charge is 0.322 e. The van der Waals surface area contributed by atoms with E-state index < -0.39 is 18.0 Å². The maximum absolute atomic E-state index is 13.2. The zero-order chi connectivity index (χ0) is 11.0. The van der Waals surface area contributed by atoms with Crippen LogP contribution in [0, 0.1) is 12.7 Å². The van der Waals surface area contributed by atoms with E-state index in [1.165, 1.54) is 6.07 Å². The number of hydrogen-bond donors (Lipinski definition) is 2. The van der Waals surface area contributed by atoms with Gasteiger partial charge in [-0.3, -0.25) is 10.1 Å². The third-order valence-electron chi connectivity index (χ3n) is 2.30. The first-order valence-corrected chi connectivity index (χ1v) is 4.45. The number of halogens is 1. The molecule has 0 unspecified atom stereocenters. The maximum Gasteiger partial charge on any atom is 0.322 e. The van der Waals surface area contributed by atoms with E-state index in [4.69, 9.17) is 0 Å². The minimum absolute atomic E-state index is 0.388. The molecule has 2 N–H and O–H groups in total. The molecule has 0 spiro atoms. The van der Waals surface area contributed by atoms with Crippen LogP contribution in [-0.2, 0) is 4.79 Å². The standard InChI is InChI=1S/C10H9FN2O2/c1-5-2-3-6(4-7(5)11)8-9(14)13-10(15)12-8/h2-4,8H,1H3,(H2,12,13,14,15)/t8-/m1/s1. The molecule has 1 aliphatic rings. The summed E-state index contributed by atoms with van der Waals surface area (Å²) in [6.45, 7) is 1.63. The topological polar surface area (TPSA) is 58.2 Å². The van der Waals surface area contributed by atoms with E-state index in [2.05, 4.69) is 10.6 Å². The van der Waals surface area contributed by atoms with Crippen molar-refractivity contribution in [2.24, 2.45) is 0 Å². The normalized spacial score (nSPS) is 20.0. The number of benzene rings is 1. The molecule has 15 heavy (non-hydrogen) atoms. The highest BCUT2D eigenvalue weighted by atomic mass is 19.1. The van der Waals surface area contributed by atoms with E-state index in [0.717, 1.165) is 0 Å². The third-order valence-corrected chi connectivity index (χ3v) is 2.30. The first-order chi connectivity index (χ1) is 7.08. The molecule has 2 rings (SSSR count). The molecule has 0 bridgehead atoms. The molecular weight excluding hydrogens is 199 g/mol. The average molecular weight is 208 g/mol. The number of amides is 3. The van der Waals surface area contributed by atoms with Crippen LogP contribution in [0.1, 0.15) is 17.2 Å². The van der Waals surface area contributed by atoms with Crippen LogP contribution in [0.25, 0.3) is 0 Å². The molecule has 1 fully saturated rings.